The van der Waals surface area contributed by atoms with Crippen LogP contribution in [0.1, 0.15) is 31.9 Å². The number of rotatable bonds is 3. The van der Waals surface area contributed by atoms with Crippen molar-refractivity contribution in [3.63, 3.8) is 0 Å². The minimum Gasteiger partial charge on any atom is -0.130 e. The maximum atomic E-state index is 2.29. The van der Waals surface area contributed by atoms with Crippen molar-refractivity contribution in [3.8, 4) is 0 Å². The van der Waals surface area contributed by atoms with Crippen LogP contribution in [0.5, 0.6) is 0 Å². The fraction of sp³-hybridized carbons (Fsp3) is 0.417. The van der Waals surface area contributed by atoms with Gasteiger partial charge in [-0.05, 0) is 41.9 Å². The molecule has 0 saturated carbocycles. The molecule has 0 spiro atoms. The quantitative estimate of drug-likeness (QED) is 0.655. The molecule has 1 aromatic rings. The van der Waals surface area contributed by atoms with E-state index in [2.05, 4.69) is 45.2 Å². The van der Waals surface area contributed by atoms with Gasteiger partial charge >= 0.3 is 0 Å². The molecule has 0 amide bonds. The van der Waals surface area contributed by atoms with Gasteiger partial charge in [0.2, 0.25) is 0 Å². The summed E-state index contributed by atoms with van der Waals surface area (Å²) in [6, 6.07) is 6.82. The van der Waals surface area contributed by atoms with E-state index in [0.29, 0.717) is 0 Å². The monoisotopic (exact) mass is 193 g/mol. The predicted molar refractivity (Wildman–Crippen MR) is 61.3 cm³/mol. The van der Waals surface area contributed by atoms with Crippen molar-refractivity contribution in [2.75, 3.05) is 6.26 Å². The van der Waals surface area contributed by atoms with Crippen LogP contribution < -0.4 is 0 Å². The molecule has 1 heteroatoms. The lowest BCUT2D eigenvalue weighted by Gasteiger charge is -2.09. The van der Waals surface area contributed by atoms with Gasteiger partial charge in [-0.1, -0.05) is 26.8 Å². The Morgan fingerprint density at radius 1 is 1.23 bits per heavy atom. The largest absolute Gasteiger partial charge is 0.130 e. The van der Waals surface area contributed by atoms with Crippen LogP contribution in [0.2, 0.25) is 0 Å². The Bertz CT molecular complexity index is 254. The second kappa shape index (κ2) is 4.71. The summed E-state index contributed by atoms with van der Waals surface area (Å²) >= 11 is 1.82. The van der Waals surface area contributed by atoms with Gasteiger partial charge in [-0.2, -0.15) is 0 Å². The Labute approximate surface area is 85.7 Å². The molecule has 0 aromatic heterocycles. The van der Waals surface area contributed by atoms with Crippen molar-refractivity contribution >= 4 is 11.8 Å². The van der Waals surface area contributed by atoms with E-state index in [4.69, 9.17) is 0 Å². The van der Waals surface area contributed by atoms with Crippen LogP contribution in [-0.2, 0) is 6.42 Å². The Morgan fingerprint density at radius 2 is 1.92 bits per heavy atom. The van der Waals surface area contributed by atoms with Crippen LogP contribution in [-0.4, -0.2) is 6.26 Å². The third-order valence-electron chi connectivity index (χ3n) is 2.19. The van der Waals surface area contributed by atoms with Crippen LogP contribution in [0.4, 0.5) is 0 Å². The topological polar surface area (TPSA) is 0 Å². The molecule has 1 radical (unpaired) electrons. The van der Waals surface area contributed by atoms with Crippen LogP contribution in [0, 0.1) is 5.92 Å². The summed E-state index contributed by atoms with van der Waals surface area (Å²) < 4.78 is 0. The summed E-state index contributed by atoms with van der Waals surface area (Å²) in [5.41, 5.74) is 2.81. The molecular weight excluding hydrogens is 176 g/mol. The van der Waals surface area contributed by atoms with Crippen molar-refractivity contribution in [3.05, 3.63) is 35.2 Å². The van der Waals surface area contributed by atoms with E-state index in [1.54, 1.807) is 0 Å². The SMILES string of the molecule is CCc1cc(SC)cc([C](C)C)c1. The van der Waals surface area contributed by atoms with E-state index in [0.717, 1.165) is 6.42 Å². The summed E-state index contributed by atoms with van der Waals surface area (Å²) in [4.78, 5) is 1.37. The van der Waals surface area contributed by atoms with E-state index >= 15 is 0 Å². The highest BCUT2D eigenvalue weighted by Gasteiger charge is 2.03. The summed E-state index contributed by atoms with van der Waals surface area (Å²) in [7, 11) is 0. The zero-order valence-corrected chi connectivity index (χ0v) is 9.66. The van der Waals surface area contributed by atoms with Gasteiger partial charge in [0.15, 0.2) is 0 Å². The van der Waals surface area contributed by atoms with Crippen LogP contribution in [0.25, 0.3) is 0 Å². The van der Waals surface area contributed by atoms with Gasteiger partial charge < -0.3 is 0 Å². The number of hydrogen-bond acceptors (Lipinski definition) is 1. The number of aryl methyl sites for hydroxylation is 1. The number of benzene rings is 1. The second-order valence-electron chi connectivity index (χ2n) is 3.42. The van der Waals surface area contributed by atoms with Gasteiger partial charge in [-0.25, -0.2) is 0 Å². The number of thioether (sulfide) groups is 1. The Morgan fingerprint density at radius 3 is 2.38 bits per heavy atom. The van der Waals surface area contributed by atoms with Gasteiger partial charge in [0.25, 0.3) is 0 Å². The molecule has 71 valence electrons. The summed E-state index contributed by atoms with van der Waals surface area (Å²) in [6.07, 6.45) is 3.25. The summed E-state index contributed by atoms with van der Waals surface area (Å²) in [5, 5.41) is 0. The highest BCUT2D eigenvalue weighted by Crippen LogP contribution is 2.23. The number of hydrogen-bond donors (Lipinski definition) is 0. The lowest BCUT2D eigenvalue weighted by molar-refractivity contribution is 1.08. The first-order valence-corrected chi connectivity index (χ1v) is 5.88. The first-order valence-electron chi connectivity index (χ1n) is 4.66. The zero-order valence-electron chi connectivity index (χ0n) is 8.85. The molecule has 0 heterocycles. The molecule has 0 N–H and O–H groups in total. The van der Waals surface area contributed by atoms with E-state index in [1.807, 2.05) is 11.8 Å². The molecule has 0 fully saturated rings. The minimum atomic E-state index is 1.12. The standard InChI is InChI=1S/C12H17S/c1-5-10-6-11(9(2)3)8-12(7-10)13-4/h6-8H,5H2,1-4H3. The highest BCUT2D eigenvalue weighted by molar-refractivity contribution is 7.98. The Kier molecular flexibility index (Phi) is 3.86. The molecule has 0 aliphatic heterocycles. The predicted octanol–water partition coefficient (Wildman–Crippen LogP) is 3.93. The Hall–Kier alpha value is -0.430. The average Bonchev–Trinajstić information content (AvgIpc) is 2.16. The van der Waals surface area contributed by atoms with E-state index in [9.17, 15) is 0 Å². The van der Waals surface area contributed by atoms with Crippen molar-refractivity contribution in [1.29, 1.82) is 0 Å². The van der Waals surface area contributed by atoms with Crippen molar-refractivity contribution in [2.45, 2.75) is 32.1 Å². The maximum Gasteiger partial charge on any atom is 0.00748 e. The van der Waals surface area contributed by atoms with Crippen molar-refractivity contribution < 1.29 is 0 Å². The molecule has 0 unspecified atom stereocenters. The molecule has 13 heavy (non-hydrogen) atoms. The molecule has 0 bridgehead atoms. The summed E-state index contributed by atoms with van der Waals surface area (Å²) in [5.74, 6) is 1.39. The molecule has 0 aliphatic rings. The van der Waals surface area contributed by atoms with E-state index in [1.165, 1.54) is 21.9 Å². The van der Waals surface area contributed by atoms with Crippen molar-refractivity contribution in [2.24, 2.45) is 0 Å². The van der Waals surface area contributed by atoms with Crippen LogP contribution >= 0.6 is 11.8 Å². The third kappa shape index (κ3) is 2.77. The fourth-order valence-electron chi connectivity index (χ4n) is 1.27. The zero-order chi connectivity index (χ0) is 9.84. The van der Waals surface area contributed by atoms with Crippen LogP contribution in [0.3, 0.4) is 0 Å². The van der Waals surface area contributed by atoms with Gasteiger partial charge in [-0.15, -0.1) is 11.8 Å². The minimum absolute atomic E-state index is 1.12. The van der Waals surface area contributed by atoms with Gasteiger partial charge in [0.05, 0.1) is 0 Å². The second-order valence-corrected chi connectivity index (χ2v) is 4.30. The fourth-order valence-corrected chi connectivity index (χ4v) is 1.79. The van der Waals surface area contributed by atoms with Gasteiger partial charge in [0, 0.05) is 4.90 Å². The molecule has 1 aromatic carbocycles. The molecule has 0 aliphatic carbocycles. The lowest BCUT2D eigenvalue weighted by Crippen LogP contribution is -1.91. The van der Waals surface area contributed by atoms with E-state index < -0.39 is 0 Å². The normalized spacial score (nSPS) is 10.8. The average molecular weight is 193 g/mol. The lowest BCUT2D eigenvalue weighted by atomic mass is 10.00. The molecule has 0 atom stereocenters. The van der Waals surface area contributed by atoms with Gasteiger partial charge in [-0.3, -0.25) is 0 Å². The smallest absolute Gasteiger partial charge is 0.00748 e. The third-order valence-corrected chi connectivity index (χ3v) is 2.89. The highest BCUT2D eigenvalue weighted by atomic mass is 32.2. The van der Waals surface area contributed by atoms with Crippen molar-refractivity contribution in [1.82, 2.24) is 0 Å². The molecule has 1 rings (SSSR count). The molecule has 0 saturated heterocycles. The van der Waals surface area contributed by atoms with E-state index in [-0.39, 0.29) is 0 Å². The summed E-state index contributed by atoms with van der Waals surface area (Å²) in [6.45, 7) is 6.53. The molecular formula is C12H17S. The van der Waals surface area contributed by atoms with Crippen LogP contribution in [0.15, 0.2) is 23.1 Å². The first-order chi connectivity index (χ1) is 6.17. The van der Waals surface area contributed by atoms with Gasteiger partial charge in [0.1, 0.15) is 0 Å². The first kappa shape index (κ1) is 10.6. The Balaban J connectivity index is 3.07. The molecule has 0 nitrogen and oxygen atoms in total. The maximum absolute atomic E-state index is 2.29.